The lowest BCUT2D eigenvalue weighted by atomic mass is 10.3. The zero-order valence-electron chi connectivity index (χ0n) is 8.50. The molecule has 0 aliphatic carbocycles. The number of halogens is 1. The van der Waals surface area contributed by atoms with Crippen LogP contribution in [0.3, 0.4) is 0 Å². The Morgan fingerprint density at radius 2 is 2.33 bits per heavy atom. The van der Waals surface area contributed by atoms with Gasteiger partial charge in [0.25, 0.3) is 5.91 Å². The Labute approximate surface area is 104 Å². The first-order valence-corrected chi connectivity index (χ1v) is 7.68. The maximum atomic E-state index is 11.6. The third-order valence-electron chi connectivity index (χ3n) is 1.76. The molecular weight excluding hydrogens is 298 g/mol. The fourth-order valence-electron chi connectivity index (χ4n) is 0.967. The van der Waals surface area contributed by atoms with E-state index in [0.29, 0.717) is 17.2 Å². The highest BCUT2D eigenvalue weighted by molar-refractivity contribution is 9.11. The van der Waals surface area contributed by atoms with E-state index < -0.39 is 10.8 Å². The van der Waals surface area contributed by atoms with E-state index >= 15 is 0 Å². The molecule has 0 radical (unpaired) electrons. The highest BCUT2D eigenvalue weighted by Gasteiger charge is 2.10. The van der Waals surface area contributed by atoms with E-state index in [9.17, 15) is 9.00 Å². The quantitative estimate of drug-likeness (QED) is 0.923. The second-order valence-corrected chi connectivity index (χ2v) is 7.03. The summed E-state index contributed by atoms with van der Waals surface area (Å²) in [5.74, 6) is 0.399. The molecular formula is C9H12BrNO2S2. The minimum absolute atomic E-state index is 0.0979. The number of carbonyl (C=O) groups excluding carboxylic acids is 1. The van der Waals surface area contributed by atoms with Gasteiger partial charge in [-0.2, -0.15) is 0 Å². The maximum Gasteiger partial charge on any atom is 0.261 e. The molecule has 1 N–H and O–H groups in total. The first-order valence-electron chi connectivity index (χ1n) is 4.35. The Morgan fingerprint density at radius 1 is 1.67 bits per heavy atom. The molecule has 0 aliphatic rings. The first-order chi connectivity index (χ1) is 7.00. The van der Waals surface area contributed by atoms with Gasteiger partial charge < -0.3 is 5.32 Å². The van der Waals surface area contributed by atoms with E-state index in [-0.39, 0.29) is 5.91 Å². The number of aryl methyl sites for hydroxylation is 1. The standard InChI is InChI=1S/C9H12BrNO2S2/c1-6-5-7(14-8(6)10)9(12)11-3-4-15(2)13/h5H,3-4H2,1-2H3,(H,11,12). The lowest BCUT2D eigenvalue weighted by Gasteiger charge is -2.00. The van der Waals surface area contributed by atoms with Crippen molar-refractivity contribution in [3.05, 3.63) is 20.3 Å². The molecule has 0 aliphatic heterocycles. The van der Waals surface area contributed by atoms with E-state index in [1.165, 1.54) is 11.3 Å². The number of nitrogens with one attached hydrogen (secondary N) is 1. The lowest BCUT2D eigenvalue weighted by Crippen LogP contribution is -2.26. The predicted molar refractivity (Wildman–Crippen MR) is 68.0 cm³/mol. The topological polar surface area (TPSA) is 46.2 Å². The van der Waals surface area contributed by atoms with E-state index in [2.05, 4.69) is 21.2 Å². The molecule has 15 heavy (non-hydrogen) atoms. The molecule has 1 unspecified atom stereocenters. The summed E-state index contributed by atoms with van der Waals surface area (Å²) in [6.45, 7) is 2.40. The van der Waals surface area contributed by atoms with Gasteiger partial charge in [0.2, 0.25) is 0 Å². The summed E-state index contributed by atoms with van der Waals surface area (Å²) >= 11 is 4.78. The number of hydrogen-bond donors (Lipinski definition) is 1. The van der Waals surface area contributed by atoms with Crippen molar-refractivity contribution in [1.29, 1.82) is 0 Å². The van der Waals surface area contributed by atoms with Crippen LogP contribution in [0.1, 0.15) is 15.2 Å². The average molecular weight is 310 g/mol. The Hall–Kier alpha value is -0.200. The van der Waals surface area contributed by atoms with Gasteiger partial charge in [-0.15, -0.1) is 11.3 Å². The molecule has 0 bridgehead atoms. The van der Waals surface area contributed by atoms with Crippen LogP contribution >= 0.6 is 27.3 Å². The SMILES string of the molecule is Cc1cc(C(=O)NCCS(C)=O)sc1Br. The third-order valence-corrected chi connectivity index (χ3v) is 4.67. The highest BCUT2D eigenvalue weighted by Crippen LogP contribution is 2.26. The summed E-state index contributed by atoms with van der Waals surface area (Å²) in [6, 6.07) is 1.84. The van der Waals surface area contributed by atoms with E-state index in [1.54, 1.807) is 6.26 Å². The summed E-state index contributed by atoms with van der Waals surface area (Å²) in [6.07, 6.45) is 1.62. The number of rotatable bonds is 4. The minimum Gasteiger partial charge on any atom is -0.350 e. The summed E-state index contributed by atoms with van der Waals surface area (Å²) in [5, 5.41) is 2.73. The molecule has 0 spiro atoms. The van der Waals surface area contributed by atoms with Crippen molar-refractivity contribution in [2.24, 2.45) is 0 Å². The Morgan fingerprint density at radius 3 is 2.80 bits per heavy atom. The fourth-order valence-corrected chi connectivity index (χ4v) is 2.81. The van der Waals surface area contributed by atoms with Crippen molar-refractivity contribution in [3.63, 3.8) is 0 Å². The van der Waals surface area contributed by atoms with Gasteiger partial charge in [-0.25, -0.2) is 0 Å². The van der Waals surface area contributed by atoms with Gasteiger partial charge in [0, 0.05) is 29.4 Å². The van der Waals surface area contributed by atoms with Crippen LogP contribution in [0.5, 0.6) is 0 Å². The second kappa shape index (κ2) is 5.77. The predicted octanol–water partition coefficient (Wildman–Crippen LogP) is 1.93. The van der Waals surface area contributed by atoms with Gasteiger partial charge in [0.15, 0.2) is 0 Å². The number of amides is 1. The first kappa shape index (κ1) is 12.9. The largest absolute Gasteiger partial charge is 0.350 e. The van der Waals surface area contributed by atoms with Gasteiger partial charge in [-0.3, -0.25) is 9.00 Å². The van der Waals surface area contributed by atoms with Crippen LogP contribution in [0, 0.1) is 6.92 Å². The number of carbonyl (C=O) groups is 1. The molecule has 84 valence electrons. The van der Waals surface area contributed by atoms with E-state index in [1.807, 2.05) is 13.0 Å². The maximum absolute atomic E-state index is 11.6. The second-order valence-electron chi connectivity index (χ2n) is 3.10. The van der Waals surface area contributed by atoms with Crippen LogP contribution in [-0.4, -0.2) is 28.7 Å². The van der Waals surface area contributed by atoms with Crippen molar-refractivity contribution >= 4 is 44.0 Å². The fraction of sp³-hybridized carbons (Fsp3) is 0.444. The summed E-state index contributed by atoms with van der Waals surface area (Å²) in [5.41, 5.74) is 1.06. The minimum atomic E-state index is -0.858. The van der Waals surface area contributed by atoms with Crippen molar-refractivity contribution in [2.45, 2.75) is 6.92 Å². The highest BCUT2D eigenvalue weighted by atomic mass is 79.9. The zero-order valence-corrected chi connectivity index (χ0v) is 11.7. The summed E-state index contributed by atoms with van der Waals surface area (Å²) in [4.78, 5) is 12.3. The van der Waals surface area contributed by atoms with Gasteiger partial charge >= 0.3 is 0 Å². The number of hydrogen-bond acceptors (Lipinski definition) is 3. The van der Waals surface area contributed by atoms with Gasteiger partial charge in [-0.05, 0) is 34.5 Å². The molecule has 6 heteroatoms. The van der Waals surface area contributed by atoms with E-state index in [4.69, 9.17) is 0 Å². The van der Waals surface area contributed by atoms with Crippen LogP contribution in [0.15, 0.2) is 9.85 Å². The van der Waals surface area contributed by atoms with Crippen LogP contribution in [0.4, 0.5) is 0 Å². The van der Waals surface area contributed by atoms with Crippen LogP contribution < -0.4 is 5.32 Å². The average Bonchev–Trinajstić information content (AvgIpc) is 2.46. The molecule has 1 atom stereocenters. The zero-order chi connectivity index (χ0) is 11.4. The van der Waals surface area contributed by atoms with Gasteiger partial charge in [0.1, 0.15) is 0 Å². The van der Waals surface area contributed by atoms with Crippen molar-refractivity contribution in [1.82, 2.24) is 5.32 Å². The molecule has 0 aromatic carbocycles. The lowest BCUT2D eigenvalue weighted by molar-refractivity contribution is 0.0960. The van der Waals surface area contributed by atoms with Gasteiger partial charge in [0.05, 0.1) is 8.66 Å². The monoisotopic (exact) mass is 309 g/mol. The third kappa shape index (κ3) is 4.04. The molecule has 3 nitrogen and oxygen atoms in total. The Kier molecular flexibility index (Phi) is 4.95. The molecule has 1 aromatic rings. The normalized spacial score (nSPS) is 12.5. The van der Waals surface area contributed by atoms with Gasteiger partial charge in [-0.1, -0.05) is 0 Å². The van der Waals surface area contributed by atoms with Crippen LogP contribution in [0.2, 0.25) is 0 Å². The van der Waals surface area contributed by atoms with Crippen molar-refractivity contribution < 1.29 is 9.00 Å². The molecule has 0 saturated heterocycles. The Bertz CT molecular complexity index is 370. The summed E-state index contributed by atoms with van der Waals surface area (Å²) in [7, 11) is -0.858. The van der Waals surface area contributed by atoms with Crippen LogP contribution in [-0.2, 0) is 10.8 Å². The van der Waals surface area contributed by atoms with Crippen LogP contribution in [0.25, 0.3) is 0 Å². The molecule has 1 aromatic heterocycles. The molecule has 1 amide bonds. The molecule has 1 heterocycles. The van der Waals surface area contributed by atoms with Crippen molar-refractivity contribution in [2.75, 3.05) is 18.6 Å². The smallest absolute Gasteiger partial charge is 0.261 e. The number of thiophene rings is 1. The Balaban J connectivity index is 2.50. The molecule has 0 saturated carbocycles. The molecule has 0 fully saturated rings. The molecule has 1 rings (SSSR count). The van der Waals surface area contributed by atoms with Crippen molar-refractivity contribution in [3.8, 4) is 0 Å². The summed E-state index contributed by atoms with van der Waals surface area (Å²) < 4.78 is 11.8. The van der Waals surface area contributed by atoms with E-state index in [0.717, 1.165) is 9.35 Å².